The maximum absolute atomic E-state index is 6.26. The van der Waals surface area contributed by atoms with Gasteiger partial charge >= 0.3 is 0 Å². The Labute approximate surface area is 130 Å². The molecule has 0 saturated heterocycles. The number of aromatic nitrogens is 1. The molecular formula is C16H18Cl2N2. The molecule has 0 amide bonds. The summed E-state index contributed by atoms with van der Waals surface area (Å²) in [6.45, 7) is 4.94. The van der Waals surface area contributed by atoms with Gasteiger partial charge in [0.05, 0.1) is 0 Å². The van der Waals surface area contributed by atoms with Crippen LogP contribution in [0.2, 0.25) is 10.0 Å². The molecule has 20 heavy (non-hydrogen) atoms. The van der Waals surface area contributed by atoms with Crippen LogP contribution in [-0.2, 0) is 6.42 Å². The number of nitrogens with zero attached hydrogens (tertiary/aromatic N) is 1. The first kappa shape index (κ1) is 15.3. The van der Waals surface area contributed by atoms with Gasteiger partial charge in [0.2, 0.25) is 0 Å². The van der Waals surface area contributed by atoms with Gasteiger partial charge in [0.1, 0.15) is 0 Å². The van der Waals surface area contributed by atoms with Gasteiger partial charge in [-0.05, 0) is 49.2 Å². The van der Waals surface area contributed by atoms with Gasteiger partial charge < -0.3 is 5.32 Å². The van der Waals surface area contributed by atoms with Crippen LogP contribution in [-0.4, -0.2) is 11.5 Å². The molecule has 1 heterocycles. The SMILES string of the molecule is CCNC(Cc1c(Cl)cccc1Cl)c1ccc(C)nc1. The molecule has 0 radical (unpaired) electrons. The summed E-state index contributed by atoms with van der Waals surface area (Å²) in [6.07, 6.45) is 2.66. The summed E-state index contributed by atoms with van der Waals surface area (Å²) in [6, 6.07) is 9.89. The Bertz CT molecular complexity index is 547. The number of benzene rings is 1. The second-order valence-electron chi connectivity index (χ2n) is 4.75. The van der Waals surface area contributed by atoms with E-state index in [0.717, 1.165) is 29.8 Å². The second kappa shape index (κ2) is 7.07. The molecule has 0 spiro atoms. The van der Waals surface area contributed by atoms with Crippen molar-refractivity contribution < 1.29 is 0 Å². The highest BCUT2D eigenvalue weighted by Gasteiger charge is 2.15. The van der Waals surface area contributed by atoms with Crippen LogP contribution in [0.4, 0.5) is 0 Å². The van der Waals surface area contributed by atoms with Gasteiger partial charge in [-0.1, -0.05) is 42.3 Å². The predicted molar refractivity (Wildman–Crippen MR) is 85.6 cm³/mol. The second-order valence-corrected chi connectivity index (χ2v) is 5.56. The van der Waals surface area contributed by atoms with E-state index >= 15 is 0 Å². The Balaban J connectivity index is 2.28. The zero-order valence-electron chi connectivity index (χ0n) is 11.7. The standard InChI is InChI=1S/C16H18Cl2N2/c1-3-19-16(12-8-7-11(2)20-10-12)9-13-14(17)5-4-6-15(13)18/h4-8,10,16,19H,3,9H2,1-2H3. The topological polar surface area (TPSA) is 24.9 Å². The van der Waals surface area contributed by atoms with Crippen molar-refractivity contribution in [3.63, 3.8) is 0 Å². The Hall–Kier alpha value is -1.09. The molecule has 0 saturated carbocycles. The number of hydrogen-bond acceptors (Lipinski definition) is 2. The van der Waals surface area contributed by atoms with E-state index in [1.54, 1.807) is 0 Å². The predicted octanol–water partition coefficient (Wildman–Crippen LogP) is 4.59. The number of hydrogen-bond donors (Lipinski definition) is 1. The highest BCUT2D eigenvalue weighted by atomic mass is 35.5. The van der Waals surface area contributed by atoms with E-state index in [0.29, 0.717) is 10.0 Å². The summed E-state index contributed by atoms with van der Waals surface area (Å²) < 4.78 is 0. The van der Waals surface area contributed by atoms with Gasteiger partial charge in [0.25, 0.3) is 0 Å². The molecular weight excluding hydrogens is 291 g/mol. The van der Waals surface area contributed by atoms with Crippen molar-refractivity contribution in [2.75, 3.05) is 6.54 Å². The lowest BCUT2D eigenvalue weighted by Gasteiger charge is -2.19. The fourth-order valence-electron chi connectivity index (χ4n) is 2.17. The molecule has 4 heteroatoms. The highest BCUT2D eigenvalue weighted by molar-refractivity contribution is 6.36. The minimum absolute atomic E-state index is 0.158. The summed E-state index contributed by atoms with van der Waals surface area (Å²) in [5, 5.41) is 4.88. The quantitative estimate of drug-likeness (QED) is 0.874. The van der Waals surface area contributed by atoms with Gasteiger partial charge in [0.15, 0.2) is 0 Å². The summed E-state index contributed by atoms with van der Waals surface area (Å²) in [5.41, 5.74) is 3.13. The van der Waals surface area contributed by atoms with Crippen molar-refractivity contribution in [1.82, 2.24) is 10.3 Å². The van der Waals surface area contributed by atoms with Crippen molar-refractivity contribution >= 4 is 23.2 Å². The van der Waals surface area contributed by atoms with Crippen molar-refractivity contribution in [3.05, 3.63) is 63.4 Å². The molecule has 0 aliphatic rings. The third-order valence-electron chi connectivity index (χ3n) is 3.26. The number of halogens is 2. The number of pyridine rings is 1. The number of rotatable bonds is 5. The van der Waals surface area contributed by atoms with E-state index in [4.69, 9.17) is 23.2 Å². The van der Waals surface area contributed by atoms with E-state index < -0.39 is 0 Å². The molecule has 1 aromatic carbocycles. The van der Waals surface area contributed by atoms with Gasteiger partial charge in [-0.3, -0.25) is 4.98 Å². The molecule has 0 aliphatic heterocycles. The van der Waals surface area contributed by atoms with Gasteiger partial charge in [-0.2, -0.15) is 0 Å². The molecule has 0 bridgehead atoms. The molecule has 2 rings (SSSR count). The smallest absolute Gasteiger partial charge is 0.0453 e. The summed E-state index contributed by atoms with van der Waals surface area (Å²) in [7, 11) is 0. The zero-order chi connectivity index (χ0) is 14.5. The minimum Gasteiger partial charge on any atom is -0.310 e. The van der Waals surface area contributed by atoms with E-state index in [2.05, 4.69) is 23.3 Å². The monoisotopic (exact) mass is 308 g/mol. The van der Waals surface area contributed by atoms with Crippen molar-refractivity contribution in [1.29, 1.82) is 0 Å². The maximum Gasteiger partial charge on any atom is 0.0453 e. The van der Waals surface area contributed by atoms with Crippen LogP contribution in [0.1, 0.15) is 29.8 Å². The molecule has 1 atom stereocenters. The zero-order valence-corrected chi connectivity index (χ0v) is 13.2. The number of likely N-dealkylation sites (N-methyl/N-ethyl adjacent to an activating group) is 1. The van der Waals surface area contributed by atoms with Crippen LogP contribution in [0.5, 0.6) is 0 Å². The molecule has 0 aliphatic carbocycles. The lowest BCUT2D eigenvalue weighted by Crippen LogP contribution is -2.23. The van der Waals surface area contributed by atoms with Crippen LogP contribution < -0.4 is 5.32 Å². The van der Waals surface area contributed by atoms with Crippen LogP contribution >= 0.6 is 23.2 Å². The summed E-state index contributed by atoms with van der Waals surface area (Å²) in [5.74, 6) is 0. The van der Waals surface area contributed by atoms with Gasteiger partial charge in [0, 0.05) is 28.0 Å². The number of aryl methyl sites for hydroxylation is 1. The summed E-state index contributed by atoms with van der Waals surface area (Å²) in [4.78, 5) is 4.36. The van der Waals surface area contributed by atoms with E-state index in [9.17, 15) is 0 Å². The molecule has 2 nitrogen and oxygen atoms in total. The Morgan fingerprint density at radius 2 is 1.85 bits per heavy atom. The molecule has 1 aromatic heterocycles. The Morgan fingerprint density at radius 3 is 2.40 bits per heavy atom. The maximum atomic E-state index is 6.26. The van der Waals surface area contributed by atoms with Crippen LogP contribution in [0.25, 0.3) is 0 Å². The van der Waals surface area contributed by atoms with E-state index in [1.165, 1.54) is 0 Å². The average Bonchev–Trinajstić information content (AvgIpc) is 2.43. The van der Waals surface area contributed by atoms with E-state index in [1.807, 2.05) is 37.4 Å². The lowest BCUT2D eigenvalue weighted by molar-refractivity contribution is 0.548. The van der Waals surface area contributed by atoms with Gasteiger partial charge in [-0.15, -0.1) is 0 Å². The first-order valence-corrected chi connectivity index (χ1v) is 7.46. The molecule has 1 unspecified atom stereocenters. The lowest BCUT2D eigenvalue weighted by atomic mass is 9.99. The molecule has 2 aromatic rings. The van der Waals surface area contributed by atoms with E-state index in [-0.39, 0.29) is 6.04 Å². The van der Waals surface area contributed by atoms with Crippen LogP contribution in [0.3, 0.4) is 0 Å². The third kappa shape index (κ3) is 3.72. The van der Waals surface area contributed by atoms with Crippen molar-refractivity contribution in [3.8, 4) is 0 Å². The van der Waals surface area contributed by atoms with Crippen molar-refractivity contribution in [2.45, 2.75) is 26.3 Å². The number of nitrogens with one attached hydrogen (secondary N) is 1. The van der Waals surface area contributed by atoms with Gasteiger partial charge in [-0.25, -0.2) is 0 Å². The van der Waals surface area contributed by atoms with Crippen molar-refractivity contribution in [2.24, 2.45) is 0 Å². The largest absolute Gasteiger partial charge is 0.310 e. The summed E-state index contributed by atoms with van der Waals surface area (Å²) >= 11 is 12.5. The first-order chi connectivity index (χ1) is 9.61. The normalized spacial score (nSPS) is 12.4. The van der Waals surface area contributed by atoms with Crippen LogP contribution in [0, 0.1) is 6.92 Å². The molecule has 1 N–H and O–H groups in total. The molecule has 0 fully saturated rings. The third-order valence-corrected chi connectivity index (χ3v) is 3.97. The Morgan fingerprint density at radius 1 is 1.15 bits per heavy atom. The Kier molecular flexibility index (Phi) is 5.41. The molecule has 106 valence electrons. The highest BCUT2D eigenvalue weighted by Crippen LogP contribution is 2.29. The fourth-order valence-corrected chi connectivity index (χ4v) is 2.72. The first-order valence-electron chi connectivity index (χ1n) is 6.70. The minimum atomic E-state index is 0.158. The average molecular weight is 309 g/mol. The van der Waals surface area contributed by atoms with Crippen LogP contribution in [0.15, 0.2) is 36.5 Å². The fraction of sp³-hybridized carbons (Fsp3) is 0.312.